The van der Waals surface area contributed by atoms with Gasteiger partial charge in [0.1, 0.15) is 0 Å². The van der Waals surface area contributed by atoms with Gasteiger partial charge < -0.3 is 10.2 Å². The highest BCUT2D eigenvalue weighted by Gasteiger charge is 2.06. The van der Waals surface area contributed by atoms with E-state index in [4.69, 9.17) is 10.2 Å². The zero-order chi connectivity index (χ0) is 14.1. The average Bonchev–Trinajstić information content (AvgIpc) is 2.38. The molecule has 18 heavy (non-hydrogen) atoms. The van der Waals surface area contributed by atoms with Crippen LogP contribution < -0.4 is 22.5 Å². The molecule has 0 spiro atoms. The molecule has 9 heteroatoms. The number of hydrazine groups is 2. The number of benzene rings is 1. The van der Waals surface area contributed by atoms with Gasteiger partial charge in [0.2, 0.25) is 0 Å². The molecule has 1 aromatic rings. The molecule has 1 aromatic carbocycles. The summed E-state index contributed by atoms with van der Waals surface area (Å²) in [5.74, 6) is 6.83. The third-order valence-electron chi connectivity index (χ3n) is 1.62. The molecule has 0 saturated heterocycles. The molecule has 98 valence electrons. The molecule has 0 heterocycles. The van der Waals surface area contributed by atoms with Gasteiger partial charge in [0.15, 0.2) is 0 Å². The Balaban J connectivity index is 0.000000411. The van der Waals surface area contributed by atoms with Crippen LogP contribution in [-0.2, 0) is 0 Å². The van der Waals surface area contributed by atoms with Gasteiger partial charge in [-0.15, -0.1) is 0 Å². The lowest BCUT2D eigenvalue weighted by Crippen LogP contribution is -2.43. The van der Waals surface area contributed by atoms with Crippen LogP contribution in [0.25, 0.3) is 0 Å². The number of nitrogens with one attached hydrogen (secondary N) is 2. The molecule has 0 aliphatic carbocycles. The maximum atomic E-state index is 10.4. The van der Waals surface area contributed by atoms with Crippen molar-refractivity contribution in [1.29, 1.82) is 0 Å². The first-order valence-corrected chi connectivity index (χ1v) is 4.46. The molecule has 0 atom stereocenters. The number of amides is 2. The van der Waals surface area contributed by atoms with Gasteiger partial charge in [0, 0.05) is 0 Å². The van der Waals surface area contributed by atoms with Gasteiger partial charge >= 0.3 is 18.0 Å². The molecular formula is C9H12N4O5. The van der Waals surface area contributed by atoms with E-state index >= 15 is 0 Å². The molecule has 0 unspecified atom stereocenters. The van der Waals surface area contributed by atoms with Gasteiger partial charge in [-0.25, -0.2) is 26.1 Å². The maximum absolute atomic E-state index is 10.4. The van der Waals surface area contributed by atoms with Crippen LogP contribution in [0.15, 0.2) is 24.3 Å². The fraction of sp³-hybridized carbons (Fsp3) is 0. The number of hydrogen-bond donors (Lipinski definition) is 6. The van der Waals surface area contributed by atoms with Crippen molar-refractivity contribution in [2.45, 2.75) is 0 Å². The van der Waals surface area contributed by atoms with Crippen LogP contribution in [0.5, 0.6) is 0 Å². The Morgan fingerprint density at radius 1 is 0.944 bits per heavy atom. The summed E-state index contributed by atoms with van der Waals surface area (Å²) in [6.07, 6.45) is 0. The van der Waals surface area contributed by atoms with Gasteiger partial charge in [0.05, 0.1) is 11.1 Å². The number of urea groups is 1. The lowest BCUT2D eigenvalue weighted by atomic mass is 10.1. The van der Waals surface area contributed by atoms with Crippen molar-refractivity contribution in [3.8, 4) is 0 Å². The first-order chi connectivity index (χ1) is 8.42. The molecule has 0 bridgehead atoms. The minimum absolute atomic E-state index is 0.0186. The van der Waals surface area contributed by atoms with E-state index in [9.17, 15) is 14.4 Å². The average molecular weight is 256 g/mol. The minimum Gasteiger partial charge on any atom is -0.478 e. The monoisotopic (exact) mass is 256 g/mol. The molecule has 0 fully saturated rings. The van der Waals surface area contributed by atoms with Crippen LogP contribution in [0.2, 0.25) is 0 Å². The smallest absolute Gasteiger partial charge is 0.343 e. The third kappa shape index (κ3) is 5.44. The summed E-state index contributed by atoms with van der Waals surface area (Å²) >= 11 is 0. The predicted octanol–water partition coefficient (Wildman–Crippen LogP) is -0.884. The Hall–Kier alpha value is -2.65. The number of carbonyl (C=O) groups is 3. The normalized spacial score (nSPS) is 8.56. The summed E-state index contributed by atoms with van der Waals surface area (Å²) in [5, 5.41) is 17.0. The Morgan fingerprint density at radius 2 is 1.33 bits per heavy atom. The van der Waals surface area contributed by atoms with Gasteiger partial charge in [-0.05, 0) is 18.2 Å². The molecule has 1 rings (SSSR count). The summed E-state index contributed by atoms with van der Waals surface area (Å²) < 4.78 is 0. The quantitative estimate of drug-likeness (QED) is 0.226. The summed E-state index contributed by atoms with van der Waals surface area (Å²) in [7, 11) is 0. The number of carboxylic acid groups (broad SMARTS) is 2. The van der Waals surface area contributed by atoms with E-state index in [1.165, 1.54) is 18.2 Å². The standard InChI is InChI=1S/C8H6O4.CH6N4O/c9-7(10)5-2-1-3-6(4-5)8(11)12;2-4-1(6)5-3/h1-4H,(H,9,10)(H,11,12);2-3H2,(H2,4,5,6). The lowest BCUT2D eigenvalue weighted by molar-refractivity contribution is 0.0696. The van der Waals surface area contributed by atoms with E-state index in [1.54, 1.807) is 10.9 Å². The lowest BCUT2D eigenvalue weighted by Gasteiger charge is -1.95. The SMILES string of the molecule is NNC(=O)NN.O=C(O)c1cccc(C(=O)O)c1. The first-order valence-electron chi connectivity index (χ1n) is 4.46. The van der Waals surface area contributed by atoms with E-state index in [0.717, 1.165) is 6.07 Å². The van der Waals surface area contributed by atoms with Crippen molar-refractivity contribution < 1.29 is 24.6 Å². The van der Waals surface area contributed by atoms with Gasteiger partial charge in [-0.3, -0.25) is 10.9 Å². The topological polar surface area (TPSA) is 168 Å². The molecule has 9 nitrogen and oxygen atoms in total. The summed E-state index contributed by atoms with van der Waals surface area (Å²) in [5.41, 5.74) is 3.44. The zero-order valence-electron chi connectivity index (χ0n) is 9.08. The minimum atomic E-state index is -1.13. The molecule has 0 radical (unpaired) electrons. The van der Waals surface area contributed by atoms with Crippen LogP contribution >= 0.6 is 0 Å². The highest BCUT2D eigenvalue weighted by molar-refractivity contribution is 5.93. The summed E-state index contributed by atoms with van der Waals surface area (Å²) in [4.78, 5) is 30.5. The maximum Gasteiger partial charge on any atom is 0.343 e. The molecule has 0 aromatic heterocycles. The van der Waals surface area contributed by atoms with Crippen molar-refractivity contribution >= 4 is 18.0 Å². The number of aromatic carboxylic acids is 2. The van der Waals surface area contributed by atoms with E-state index in [1.807, 2.05) is 0 Å². The Labute approximate surface area is 101 Å². The Kier molecular flexibility index (Phi) is 6.48. The van der Waals surface area contributed by atoms with Gasteiger partial charge in [-0.2, -0.15) is 0 Å². The van der Waals surface area contributed by atoms with Crippen molar-refractivity contribution in [3.63, 3.8) is 0 Å². The van der Waals surface area contributed by atoms with Gasteiger partial charge in [0.25, 0.3) is 0 Å². The zero-order valence-corrected chi connectivity index (χ0v) is 9.08. The number of carboxylic acids is 2. The van der Waals surface area contributed by atoms with E-state index in [2.05, 4.69) is 11.7 Å². The second-order valence-electron chi connectivity index (χ2n) is 2.81. The number of nitrogens with two attached hydrogens (primary N) is 2. The molecule has 0 aliphatic heterocycles. The van der Waals surface area contributed by atoms with Crippen LogP contribution in [0.4, 0.5) is 4.79 Å². The highest BCUT2D eigenvalue weighted by atomic mass is 16.4. The fourth-order valence-electron chi connectivity index (χ4n) is 0.827. The second-order valence-corrected chi connectivity index (χ2v) is 2.81. The molecule has 2 amide bonds. The fourth-order valence-corrected chi connectivity index (χ4v) is 0.827. The van der Waals surface area contributed by atoms with Crippen LogP contribution in [0.1, 0.15) is 20.7 Å². The Bertz CT molecular complexity index is 413. The van der Waals surface area contributed by atoms with Crippen molar-refractivity contribution in [2.24, 2.45) is 11.7 Å². The van der Waals surface area contributed by atoms with Crippen molar-refractivity contribution in [3.05, 3.63) is 35.4 Å². The van der Waals surface area contributed by atoms with E-state index in [-0.39, 0.29) is 11.1 Å². The van der Waals surface area contributed by atoms with Crippen molar-refractivity contribution in [1.82, 2.24) is 10.9 Å². The number of rotatable bonds is 2. The first kappa shape index (κ1) is 15.3. The molecule has 8 N–H and O–H groups in total. The van der Waals surface area contributed by atoms with Gasteiger partial charge in [-0.1, -0.05) is 6.07 Å². The third-order valence-corrected chi connectivity index (χ3v) is 1.62. The van der Waals surface area contributed by atoms with E-state index < -0.39 is 18.0 Å². The van der Waals surface area contributed by atoms with Crippen LogP contribution in [0, 0.1) is 0 Å². The largest absolute Gasteiger partial charge is 0.478 e. The Morgan fingerprint density at radius 3 is 1.56 bits per heavy atom. The molecular weight excluding hydrogens is 244 g/mol. The summed E-state index contributed by atoms with van der Waals surface area (Å²) in [6.45, 7) is 0. The van der Waals surface area contributed by atoms with Crippen LogP contribution in [0.3, 0.4) is 0 Å². The molecule has 0 aliphatic rings. The summed E-state index contributed by atoms with van der Waals surface area (Å²) in [6, 6.07) is 4.59. The van der Waals surface area contributed by atoms with Crippen molar-refractivity contribution in [2.75, 3.05) is 0 Å². The van der Waals surface area contributed by atoms with Crippen LogP contribution in [-0.4, -0.2) is 28.2 Å². The number of carbonyl (C=O) groups excluding carboxylic acids is 1. The van der Waals surface area contributed by atoms with E-state index in [0.29, 0.717) is 0 Å². The highest BCUT2D eigenvalue weighted by Crippen LogP contribution is 2.04. The predicted molar refractivity (Wildman–Crippen MR) is 60.4 cm³/mol. The number of hydrogen-bond acceptors (Lipinski definition) is 5. The second kappa shape index (κ2) is 7.60. The molecule has 0 saturated carbocycles.